The van der Waals surface area contributed by atoms with E-state index in [0.29, 0.717) is 17.7 Å². The molecule has 0 saturated carbocycles. The molecule has 17 heavy (non-hydrogen) atoms. The number of aromatic hydroxyl groups is 1. The maximum atomic E-state index is 12.0. The molecular formula is C13H17NO3. The summed E-state index contributed by atoms with van der Waals surface area (Å²) in [6.07, 6.45) is 0.852. The second-order valence-corrected chi connectivity index (χ2v) is 4.42. The van der Waals surface area contributed by atoms with Gasteiger partial charge in [-0.15, -0.1) is 0 Å². The Morgan fingerprint density at radius 2 is 2.29 bits per heavy atom. The number of hydrogen-bond donors (Lipinski definition) is 2. The first-order chi connectivity index (χ1) is 8.09. The molecule has 0 spiro atoms. The highest BCUT2D eigenvalue weighted by atomic mass is 16.5. The van der Waals surface area contributed by atoms with E-state index in [1.807, 2.05) is 6.92 Å². The standard InChI is InChI=1S/C13H17NO3/c1-8-4-3-5-10(12(8)15)13(16)14-11-6-7-17-9(11)2/h3-5,9,11,15H,6-7H2,1-2H3,(H,14,16). The Balaban J connectivity index is 2.12. The molecule has 0 radical (unpaired) electrons. The SMILES string of the molecule is Cc1cccc(C(=O)NC2CCOC2C)c1O. The molecule has 2 atom stereocenters. The van der Waals surface area contributed by atoms with Gasteiger partial charge in [0.05, 0.1) is 17.7 Å². The molecule has 2 unspecified atom stereocenters. The van der Waals surface area contributed by atoms with Crippen molar-refractivity contribution < 1.29 is 14.6 Å². The Morgan fingerprint density at radius 1 is 1.53 bits per heavy atom. The van der Waals surface area contributed by atoms with Crippen LogP contribution in [0, 0.1) is 6.92 Å². The van der Waals surface area contributed by atoms with Crippen LogP contribution in [0.15, 0.2) is 18.2 Å². The molecule has 4 nitrogen and oxygen atoms in total. The van der Waals surface area contributed by atoms with Gasteiger partial charge in [-0.05, 0) is 31.9 Å². The maximum absolute atomic E-state index is 12.0. The van der Waals surface area contributed by atoms with Crippen LogP contribution in [0.25, 0.3) is 0 Å². The zero-order valence-corrected chi connectivity index (χ0v) is 10.1. The van der Waals surface area contributed by atoms with Crippen LogP contribution in [0.5, 0.6) is 5.75 Å². The maximum Gasteiger partial charge on any atom is 0.255 e. The molecule has 1 aliphatic heterocycles. The number of amides is 1. The van der Waals surface area contributed by atoms with Gasteiger partial charge in [-0.25, -0.2) is 0 Å². The molecular weight excluding hydrogens is 218 g/mol. The fourth-order valence-electron chi connectivity index (χ4n) is 2.01. The van der Waals surface area contributed by atoms with Gasteiger partial charge >= 0.3 is 0 Å². The minimum Gasteiger partial charge on any atom is -0.507 e. The van der Waals surface area contributed by atoms with E-state index in [4.69, 9.17) is 4.74 Å². The van der Waals surface area contributed by atoms with Crippen LogP contribution < -0.4 is 5.32 Å². The van der Waals surface area contributed by atoms with Crippen molar-refractivity contribution in [3.05, 3.63) is 29.3 Å². The predicted molar refractivity (Wildman–Crippen MR) is 64.1 cm³/mol. The quantitative estimate of drug-likeness (QED) is 0.818. The number of phenolic OH excluding ortho intramolecular Hbond substituents is 1. The molecule has 0 aromatic heterocycles. The van der Waals surface area contributed by atoms with Crippen LogP contribution >= 0.6 is 0 Å². The molecule has 1 aromatic carbocycles. The van der Waals surface area contributed by atoms with E-state index in [1.165, 1.54) is 0 Å². The van der Waals surface area contributed by atoms with Crippen molar-refractivity contribution in [2.45, 2.75) is 32.4 Å². The van der Waals surface area contributed by atoms with Gasteiger partial charge in [0.1, 0.15) is 5.75 Å². The highest BCUT2D eigenvalue weighted by molar-refractivity contribution is 5.97. The van der Waals surface area contributed by atoms with Gasteiger partial charge in [0.2, 0.25) is 0 Å². The lowest BCUT2D eigenvalue weighted by Crippen LogP contribution is -2.39. The number of carbonyl (C=O) groups excluding carboxylic acids is 1. The van der Waals surface area contributed by atoms with Crippen molar-refractivity contribution in [2.24, 2.45) is 0 Å². The molecule has 1 aliphatic rings. The van der Waals surface area contributed by atoms with Crippen molar-refractivity contribution >= 4 is 5.91 Å². The van der Waals surface area contributed by atoms with Crippen LogP contribution in [0.3, 0.4) is 0 Å². The van der Waals surface area contributed by atoms with Gasteiger partial charge in [0, 0.05) is 6.61 Å². The minimum atomic E-state index is -0.242. The fraction of sp³-hybridized carbons (Fsp3) is 0.462. The van der Waals surface area contributed by atoms with Gasteiger partial charge in [0.15, 0.2) is 0 Å². The number of nitrogens with one attached hydrogen (secondary N) is 1. The summed E-state index contributed by atoms with van der Waals surface area (Å²) in [6, 6.07) is 5.19. The largest absolute Gasteiger partial charge is 0.507 e. The summed E-state index contributed by atoms with van der Waals surface area (Å²) in [5, 5.41) is 12.7. The molecule has 0 bridgehead atoms. The molecule has 1 saturated heterocycles. The van der Waals surface area contributed by atoms with Crippen molar-refractivity contribution in [1.82, 2.24) is 5.32 Å². The molecule has 2 N–H and O–H groups in total. The number of para-hydroxylation sites is 1. The highest BCUT2D eigenvalue weighted by Gasteiger charge is 2.26. The number of benzene rings is 1. The van der Waals surface area contributed by atoms with Gasteiger partial charge in [-0.2, -0.15) is 0 Å². The summed E-state index contributed by atoms with van der Waals surface area (Å²) in [5.41, 5.74) is 1.03. The number of rotatable bonds is 2. The Hall–Kier alpha value is -1.55. The zero-order valence-electron chi connectivity index (χ0n) is 10.1. The minimum absolute atomic E-state index is 0.0300. The van der Waals surface area contributed by atoms with Crippen molar-refractivity contribution in [2.75, 3.05) is 6.61 Å². The molecule has 4 heteroatoms. The number of carbonyl (C=O) groups is 1. The van der Waals surface area contributed by atoms with Crippen LogP contribution in [0.2, 0.25) is 0 Å². The molecule has 92 valence electrons. The molecule has 1 heterocycles. The van der Waals surface area contributed by atoms with E-state index in [0.717, 1.165) is 6.42 Å². The van der Waals surface area contributed by atoms with E-state index in [9.17, 15) is 9.90 Å². The van der Waals surface area contributed by atoms with Gasteiger partial charge in [-0.1, -0.05) is 12.1 Å². The molecule has 2 rings (SSSR count). The second kappa shape index (κ2) is 4.75. The average Bonchev–Trinajstić information content (AvgIpc) is 2.68. The zero-order chi connectivity index (χ0) is 12.4. The summed E-state index contributed by atoms with van der Waals surface area (Å²) in [4.78, 5) is 12.0. The van der Waals surface area contributed by atoms with Crippen molar-refractivity contribution in [3.8, 4) is 5.75 Å². The van der Waals surface area contributed by atoms with E-state index >= 15 is 0 Å². The number of ether oxygens (including phenoxy) is 1. The third-order valence-electron chi connectivity index (χ3n) is 3.18. The first-order valence-corrected chi connectivity index (χ1v) is 5.80. The first-order valence-electron chi connectivity index (χ1n) is 5.80. The van der Waals surface area contributed by atoms with Crippen LogP contribution in [0.4, 0.5) is 0 Å². The number of aryl methyl sites for hydroxylation is 1. The normalized spacial score (nSPS) is 23.6. The third-order valence-corrected chi connectivity index (χ3v) is 3.18. The monoisotopic (exact) mass is 235 g/mol. The fourth-order valence-corrected chi connectivity index (χ4v) is 2.01. The van der Waals surface area contributed by atoms with Gasteiger partial charge in [0.25, 0.3) is 5.91 Å². The summed E-state index contributed by atoms with van der Waals surface area (Å²) >= 11 is 0. The van der Waals surface area contributed by atoms with Crippen molar-refractivity contribution in [3.63, 3.8) is 0 Å². The van der Waals surface area contributed by atoms with E-state index in [-0.39, 0.29) is 23.8 Å². The van der Waals surface area contributed by atoms with Gasteiger partial charge in [-0.3, -0.25) is 4.79 Å². The predicted octanol–water partition coefficient (Wildman–Crippen LogP) is 1.61. The topological polar surface area (TPSA) is 58.6 Å². The lowest BCUT2D eigenvalue weighted by Gasteiger charge is -2.16. The first kappa shape index (κ1) is 11.9. The summed E-state index contributed by atoms with van der Waals surface area (Å²) in [7, 11) is 0. The Morgan fingerprint density at radius 3 is 2.94 bits per heavy atom. The molecule has 1 aromatic rings. The smallest absolute Gasteiger partial charge is 0.255 e. The summed E-state index contributed by atoms with van der Waals surface area (Å²) in [5.74, 6) is -0.190. The molecule has 1 amide bonds. The number of phenols is 1. The molecule has 1 fully saturated rings. The molecule has 0 aliphatic carbocycles. The average molecular weight is 235 g/mol. The van der Waals surface area contributed by atoms with Crippen molar-refractivity contribution in [1.29, 1.82) is 0 Å². The highest BCUT2D eigenvalue weighted by Crippen LogP contribution is 2.22. The lowest BCUT2D eigenvalue weighted by atomic mass is 10.1. The van der Waals surface area contributed by atoms with E-state index in [1.54, 1.807) is 25.1 Å². The van der Waals surface area contributed by atoms with Crippen LogP contribution in [-0.4, -0.2) is 29.8 Å². The van der Waals surface area contributed by atoms with E-state index in [2.05, 4.69) is 5.32 Å². The third kappa shape index (κ3) is 2.42. The Labute approximate surface area is 101 Å². The Bertz CT molecular complexity index is 431. The summed E-state index contributed by atoms with van der Waals surface area (Å²) < 4.78 is 5.38. The second-order valence-electron chi connectivity index (χ2n) is 4.42. The number of hydrogen-bond acceptors (Lipinski definition) is 3. The Kier molecular flexibility index (Phi) is 3.33. The summed E-state index contributed by atoms with van der Waals surface area (Å²) in [6.45, 7) is 4.38. The van der Waals surface area contributed by atoms with Crippen LogP contribution in [-0.2, 0) is 4.74 Å². The van der Waals surface area contributed by atoms with Gasteiger partial charge < -0.3 is 15.2 Å². The lowest BCUT2D eigenvalue weighted by molar-refractivity contribution is 0.0863. The van der Waals surface area contributed by atoms with E-state index < -0.39 is 0 Å². The van der Waals surface area contributed by atoms with Crippen LogP contribution in [0.1, 0.15) is 29.3 Å².